The van der Waals surface area contributed by atoms with Gasteiger partial charge in [-0.25, -0.2) is 4.57 Å². The molecule has 0 aromatic rings. The molecule has 0 bridgehead atoms. The number of epoxide rings is 1. The lowest BCUT2D eigenvalue weighted by Gasteiger charge is -2.20. The zero-order valence-corrected chi connectivity index (χ0v) is 36.6. The van der Waals surface area contributed by atoms with Crippen molar-refractivity contribution in [2.24, 2.45) is 0 Å². The minimum atomic E-state index is -4.65. The van der Waals surface area contributed by atoms with E-state index < -0.39 is 51.8 Å². The highest BCUT2D eigenvalue weighted by Crippen LogP contribution is 2.43. The Morgan fingerprint density at radius 3 is 1.66 bits per heavy atom. The van der Waals surface area contributed by atoms with Gasteiger partial charge >= 0.3 is 19.8 Å². The summed E-state index contributed by atoms with van der Waals surface area (Å²) in [6, 6.07) is 0. The zero-order chi connectivity index (χ0) is 42.4. The van der Waals surface area contributed by atoms with Gasteiger partial charge < -0.3 is 29.3 Å². The summed E-state index contributed by atoms with van der Waals surface area (Å²) in [4.78, 5) is 35.0. The van der Waals surface area contributed by atoms with Crippen LogP contribution in [0.3, 0.4) is 0 Å². The molecule has 1 rings (SSSR count). The quantitative estimate of drug-likeness (QED) is 0.0178. The molecular weight excluding hydrogens is 759 g/mol. The summed E-state index contributed by atoms with van der Waals surface area (Å²) < 4.78 is 38.4. The number of carbonyl (C=O) groups is 2. The van der Waals surface area contributed by atoms with Crippen molar-refractivity contribution in [3.05, 3.63) is 72.9 Å². The molecule has 11 nitrogen and oxygen atoms in total. The number of phosphoric acid groups is 1. The molecule has 0 aliphatic carbocycles. The highest BCUT2D eigenvalue weighted by Gasteiger charge is 2.36. The van der Waals surface area contributed by atoms with Gasteiger partial charge in [0.1, 0.15) is 12.7 Å². The standard InChI is InChI=1S/C46H77O11P/c1-3-5-7-9-11-12-13-14-15-16-17-18-19-20-23-27-31-35-45(49)53-39-42(40-55-58(51,52)54-38-41(48)37-47)56-46(50)36-32-28-24-21-22-26-30-34-44-43(57-44)33-29-25-10-8-6-4-2/h14-15,17-18,20-21,23-26,29-30,41-44,47-48H,3-13,16,19,22,27-28,31-40H2,1-2H3,(H,51,52)/b15-14-,18-17-,23-20-,24-21-,29-25-,30-26-/t41-,42+,43?,44?/m0/s1. The van der Waals surface area contributed by atoms with E-state index in [0.717, 1.165) is 44.9 Å². The van der Waals surface area contributed by atoms with Crippen LogP contribution in [0.4, 0.5) is 0 Å². The third-order valence-corrected chi connectivity index (χ3v) is 10.2. The molecule has 0 saturated carbocycles. The Balaban J connectivity index is 2.34. The van der Waals surface area contributed by atoms with Gasteiger partial charge in [0.25, 0.3) is 0 Å². The third-order valence-electron chi connectivity index (χ3n) is 9.24. The summed E-state index contributed by atoms with van der Waals surface area (Å²) in [6.45, 7) is 2.20. The molecule has 0 amide bonds. The number of esters is 2. The van der Waals surface area contributed by atoms with E-state index in [1.165, 1.54) is 57.8 Å². The molecule has 1 fully saturated rings. The predicted octanol–water partition coefficient (Wildman–Crippen LogP) is 10.7. The Morgan fingerprint density at radius 2 is 1.05 bits per heavy atom. The number of aliphatic hydroxyl groups is 2. The molecule has 0 aromatic heterocycles. The van der Waals surface area contributed by atoms with Crippen LogP contribution in [0.25, 0.3) is 0 Å². The normalized spacial score (nSPS) is 18.0. The molecule has 1 saturated heterocycles. The number of unbranched alkanes of at least 4 members (excludes halogenated alkanes) is 11. The van der Waals surface area contributed by atoms with Crippen LogP contribution in [0.1, 0.15) is 155 Å². The van der Waals surface area contributed by atoms with E-state index in [2.05, 4.69) is 73.1 Å². The van der Waals surface area contributed by atoms with Crippen LogP contribution in [-0.4, -0.2) is 77.9 Å². The number of hydrogen-bond donors (Lipinski definition) is 3. The minimum Gasteiger partial charge on any atom is -0.462 e. The van der Waals surface area contributed by atoms with Gasteiger partial charge in [0.05, 0.1) is 32.0 Å². The van der Waals surface area contributed by atoms with Crippen molar-refractivity contribution in [3.8, 4) is 0 Å². The molecule has 0 aromatic carbocycles. The summed E-state index contributed by atoms with van der Waals surface area (Å²) in [5.74, 6) is -1.06. The fourth-order valence-electron chi connectivity index (χ4n) is 5.69. The molecule has 5 atom stereocenters. The van der Waals surface area contributed by atoms with E-state index in [0.29, 0.717) is 37.9 Å². The van der Waals surface area contributed by atoms with Gasteiger partial charge in [-0.2, -0.15) is 0 Å². The summed E-state index contributed by atoms with van der Waals surface area (Å²) >= 11 is 0. The second kappa shape index (κ2) is 37.4. The summed E-state index contributed by atoms with van der Waals surface area (Å²) in [5.41, 5.74) is 0. The highest BCUT2D eigenvalue weighted by molar-refractivity contribution is 7.47. The van der Waals surface area contributed by atoms with Crippen LogP contribution >= 0.6 is 7.82 Å². The lowest BCUT2D eigenvalue weighted by Crippen LogP contribution is -2.29. The molecule has 3 unspecified atom stereocenters. The number of ether oxygens (including phenoxy) is 3. The first-order valence-electron chi connectivity index (χ1n) is 22.0. The lowest BCUT2D eigenvalue weighted by atomic mass is 10.1. The van der Waals surface area contributed by atoms with Gasteiger partial charge in [-0.3, -0.25) is 18.6 Å². The van der Waals surface area contributed by atoms with Gasteiger partial charge in [-0.05, 0) is 83.5 Å². The van der Waals surface area contributed by atoms with Gasteiger partial charge in [-0.15, -0.1) is 0 Å². The molecule has 1 aliphatic heterocycles. The fraction of sp³-hybridized carbons (Fsp3) is 0.696. The fourth-order valence-corrected chi connectivity index (χ4v) is 6.48. The van der Waals surface area contributed by atoms with E-state index in [1.54, 1.807) is 0 Å². The number of allylic oxidation sites excluding steroid dienone is 10. The van der Waals surface area contributed by atoms with Crippen molar-refractivity contribution in [1.29, 1.82) is 0 Å². The maximum atomic E-state index is 12.6. The molecule has 58 heavy (non-hydrogen) atoms. The highest BCUT2D eigenvalue weighted by atomic mass is 31.2. The maximum absolute atomic E-state index is 12.6. The van der Waals surface area contributed by atoms with Crippen molar-refractivity contribution in [3.63, 3.8) is 0 Å². The molecule has 12 heteroatoms. The van der Waals surface area contributed by atoms with Crippen LogP contribution in [0, 0.1) is 0 Å². The Bertz CT molecular complexity index is 1260. The second-order valence-electron chi connectivity index (χ2n) is 14.7. The third kappa shape index (κ3) is 34.3. The number of hydrogen-bond acceptors (Lipinski definition) is 10. The van der Waals surface area contributed by atoms with Crippen molar-refractivity contribution >= 4 is 19.8 Å². The zero-order valence-electron chi connectivity index (χ0n) is 35.7. The number of phosphoric ester groups is 1. The Morgan fingerprint density at radius 1 is 0.603 bits per heavy atom. The average Bonchev–Trinajstić information content (AvgIpc) is 3.97. The first kappa shape index (κ1) is 53.4. The monoisotopic (exact) mass is 837 g/mol. The molecule has 3 N–H and O–H groups in total. The Hall–Kier alpha value is -2.63. The number of rotatable bonds is 39. The molecular formula is C46H77O11P. The number of aliphatic hydroxyl groups excluding tert-OH is 2. The average molecular weight is 837 g/mol. The van der Waals surface area contributed by atoms with E-state index in [1.807, 2.05) is 18.2 Å². The smallest absolute Gasteiger partial charge is 0.462 e. The topological polar surface area (TPSA) is 161 Å². The van der Waals surface area contributed by atoms with Gasteiger partial charge in [0.15, 0.2) is 6.10 Å². The van der Waals surface area contributed by atoms with Crippen LogP contribution in [0.5, 0.6) is 0 Å². The first-order valence-corrected chi connectivity index (χ1v) is 23.5. The molecule has 1 heterocycles. The second-order valence-corrected chi connectivity index (χ2v) is 16.2. The largest absolute Gasteiger partial charge is 0.472 e. The van der Waals surface area contributed by atoms with Crippen LogP contribution in [-0.2, 0) is 37.4 Å². The van der Waals surface area contributed by atoms with Crippen molar-refractivity contribution < 1.29 is 52.5 Å². The molecule has 0 spiro atoms. The molecule has 0 radical (unpaired) electrons. The van der Waals surface area contributed by atoms with Gasteiger partial charge in [0, 0.05) is 12.8 Å². The van der Waals surface area contributed by atoms with E-state index in [4.69, 9.17) is 23.8 Å². The lowest BCUT2D eigenvalue weighted by molar-refractivity contribution is -0.161. The van der Waals surface area contributed by atoms with E-state index >= 15 is 0 Å². The van der Waals surface area contributed by atoms with Crippen LogP contribution < -0.4 is 0 Å². The van der Waals surface area contributed by atoms with Crippen LogP contribution in [0.15, 0.2) is 72.9 Å². The summed E-state index contributed by atoms with van der Waals surface area (Å²) in [7, 11) is -4.65. The van der Waals surface area contributed by atoms with E-state index in [9.17, 15) is 24.2 Å². The minimum absolute atomic E-state index is 0.0888. The molecule has 1 aliphatic rings. The number of carbonyl (C=O) groups excluding carboxylic acids is 2. The summed E-state index contributed by atoms with van der Waals surface area (Å²) in [5, 5.41) is 18.3. The maximum Gasteiger partial charge on any atom is 0.472 e. The Kier molecular flexibility index (Phi) is 34.4. The first-order chi connectivity index (χ1) is 28.2. The van der Waals surface area contributed by atoms with Crippen molar-refractivity contribution in [1.82, 2.24) is 0 Å². The predicted molar refractivity (Wildman–Crippen MR) is 232 cm³/mol. The van der Waals surface area contributed by atoms with Gasteiger partial charge in [0.2, 0.25) is 0 Å². The van der Waals surface area contributed by atoms with Crippen LogP contribution in [0.2, 0.25) is 0 Å². The van der Waals surface area contributed by atoms with Crippen molar-refractivity contribution in [2.75, 3.05) is 26.4 Å². The Labute approximate surface area is 350 Å². The van der Waals surface area contributed by atoms with Crippen molar-refractivity contribution in [2.45, 2.75) is 180 Å². The van der Waals surface area contributed by atoms with E-state index in [-0.39, 0.29) is 19.4 Å². The SMILES string of the molecule is CCCCC/C=C\CC1OC1C/C=C\C/C=C\CCCC(=O)O[C@H](COC(=O)CCC/C=C\C/C=C\C/C=C\CCCCCCCC)COP(=O)(O)OC[C@@H](O)CO. The summed E-state index contributed by atoms with van der Waals surface area (Å²) in [6.07, 6.45) is 44.8. The van der Waals surface area contributed by atoms with Gasteiger partial charge in [-0.1, -0.05) is 132 Å². The molecule has 332 valence electrons.